The molecule has 7 nitrogen and oxygen atoms in total. The summed E-state index contributed by atoms with van der Waals surface area (Å²) in [5, 5.41) is 13.5. The van der Waals surface area contributed by atoms with Crippen LogP contribution in [0.1, 0.15) is 29.2 Å². The second kappa shape index (κ2) is 4.58. The Labute approximate surface area is 109 Å². The highest BCUT2D eigenvalue weighted by atomic mass is 16.3. The number of hydrogen-bond donors (Lipinski definition) is 1. The summed E-state index contributed by atoms with van der Waals surface area (Å²) < 4.78 is 1.55. The molecule has 2 aromatic heterocycles. The van der Waals surface area contributed by atoms with Crippen LogP contribution >= 0.6 is 0 Å². The Kier molecular flexibility index (Phi) is 2.90. The molecule has 100 valence electrons. The molecule has 1 aliphatic rings. The molecule has 0 unspecified atom stereocenters. The zero-order valence-electron chi connectivity index (χ0n) is 10.7. The Morgan fingerprint density at radius 2 is 2.42 bits per heavy atom. The van der Waals surface area contributed by atoms with E-state index < -0.39 is 0 Å². The first kappa shape index (κ1) is 12.0. The molecule has 0 radical (unpaired) electrons. The molecule has 0 bridgehead atoms. The topological polar surface area (TPSA) is 83.6 Å². The van der Waals surface area contributed by atoms with E-state index in [0.29, 0.717) is 12.3 Å². The zero-order chi connectivity index (χ0) is 13.4. The van der Waals surface area contributed by atoms with Crippen LogP contribution in [0, 0.1) is 6.92 Å². The van der Waals surface area contributed by atoms with Crippen molar-refractivity contribution in [2.45, 2.75) is 25.8 Å². The predicted octanol–water partition coefficient (Wildman–Crippen LogP) is 0.0296. The zero-order valence-corrected chi connectivity index (χ0v) is 10.7. The molecule has 1 amide bonds. The number of aliphatic hydroxyl groups is 1. The van der Waals surface area contributed by atoms with Gasteiger partial charge >= 0.3 is 0 Å². The molecule has 1 fully saturated rings. The van der Waals surface area contributed by atoms with Gasteiger partial charge in [0, 0.05) is 18.4 Å². The van der Waals surface area contributed by atoms with Crippen molar-refractivity contribution in [3.05, 3.63) is 23.8 Å². The van der Waals surface area contributed by atoms with E-state index in [0.717, 1.165) is 18.5 Å². The standard InChI is InChI=1S/C12H15N5O2/c1-8-4-5-13-12-14-10(15-17(8)12)11(19)16-6-2-3-9(16)7-18/h4-5,9,18H,2-3,6-7H2,1H3/t9-/m0/s1. The number of rotatable bonds is 2. The normalized spacial score (nSPS) is 19.3. The molecule has 1 N–H and O–H groups in total. The van der Waals surface area contributed by atoms with Gasteiger partial charge in [-0.25, -0.2) is 9.50 Å². The first-order valence-electron chi connectivity index (χ1n) is 6.31. The summed E-state index contributed by atoms with van der Waals surface area (Å²) in [6, 6.07) is 1.69. The molecule has 0 aromatic carbocycles. The third-order valence-corrected chi connectivity index (χ3v) is 3.47. The summed E-state index contributed by atoms with van der Waals surface area (Å²) in [5.41, 5.74) is 0.872. The van der Waals surface area contributed by atoms with Gasteiger partial charge in [-0.15, -0.1) is 5.10 Å². The summed E-state index contributed by atoms with van der Waals surface area (Å²) in [5.74, 6) is 0.326. The summed E-state index contributed by atoms with van der Waals surface area (Å²) >= 11 is 0. The minimum absolute atomic E-state index is 0.0175. The van der Waals surface area contributed by atoms with Crippen LogP contribution in [-0.2, 0) is 0 Å². The first-order valence-corrected chi connectivity index (χ1v) is 6.31. The number of fused-ring (bicyclic) bond motifs is 1. The third kappa shape index (κ3) is 1.95. The van der Waals surface area contributed by atoms with Crippen LogP contribution in [0.4, 0.5) is 0 Å². The van der Waals surface area contributed by atoms with Gasteiger partial charge in [0.2, 0.25) is 5.82 Å². The van der Waals surface area contributed by atoms with Crippen LogP contribution in [0.5, 0.6) is 0 Å². The lowest BCUT2D eigenvalue weighted by Gasteiger charge is -2.21. The average molecular weight is 261 g/mol. The van der Waals surface area contributed by atoms with E-state index >= 15 is 0 Å². The molecule has 1 saturated heterocycles. The van der Waals surface area contributed by atoms with Crippen molar-refractivity contribution in [2.24, 2.45) is 0 Å². The van der Waals surface area contributed by atoms with E-state index in [1.807, 2.05) is 13.0 Å². The molecular weight excluding hydrogens is 246 g/mol. The second-order valence-corrected chi connectivity index (χ2v) is 4.71. The fourth-order valence-corrected chi connectivity index (χ4v) is 2.42. The van der Waals surface area contributed by atoms with Gasteiger partial charge in [-0.3, -0.25) is 4.79 Å². The van der Waals surface area contributed by atoms with Crippen molar-refractivity contribution in [1.29, 1.82) is 0 Å². The molecule has 7 heteroatoms. The maximum absolute atomic E-state index is 12.3. The molecule has 0 aliphatic carbocycles. The third-order valence-electron chi connectivity index (χ3n) is 3.47. The van der Waals surface area contributed by atoms with E-state index in [1.54, 1.807) is 15.6 Å². The maximum atomic E-state index is 12.3. The van der Waals surface area contributed by atoms with Crippen molar-refractivity contribution in [3.8, 4) is 0 Å². The molecule has 3 rings (SSSR count). The lowest BCUT2D eigenvalue weighted by Crippen LogP contribution is -2.38. The second-order valence-electron chi connectivity index (χ2n) is 4.71. The fraction of sp³-hybridized carbons (Fsp3) is 0.500. The van der Waals surface area contributed by atoms with Crippen molar-refractivity contribution in [1.82, 2.24) is 24.5 Å². The number of likely N-dealkylation sites (tertiary alicyclic amines) is 1. The Morgan fingerprint density at radius 1 is 1.58 bits per heavy atom. The number of nitrogens with zero attached hydrogens (tertiary/aromatic N) is 5. The van der Waals surface area contributed by atoms with Crippen LogP contribution in [0.15, 0.2) is 12.3 Å². The van der Waals surface area contributed by atoms with Crippen LogP contribution in [0.25, 0.3) is 5.78 Å². The molecule has 0 saturated carbocycles. The van der Waals surface area contributed by atoms with Gasteiger partial charge in [-0.2, -0.15) is 4.98 Å². The SMILES string of the molecule is Cc1ccnc2nc(C(=O)N3CCC[C@H]3CO)nn12. The molecule has 1 aliphatic heterocycles. The summed E-state index contributed by atoms with van der Waals surface area (Å²) in [6.45, 7) is 2.51. The lowest BCUT2D eigenvalue weighted by molar-refractivity contribution is 0.0665. The molecule has 2 aromatic rings. The van der Waals surface area contributed by atoms with Gasteiger partial charge in [0.1, 0.15) is 0 Å². The monoisotopic (exact) mass is 261 g/mol. The number of carbonyl (C=O) groups is 1. The first-order chi connectivity index (χ1) is 9.20. The van der Waals surface area contributed by atoms with E-state index in [2.05, 4.69) is 15.1 Å². The summed E-state index contributed by atoms with van der Waals surface area (Å²) in [6.07, 6.45) is 3.37. The van der Waals surface area contributed by atoms with Gasteiger partial charge in [0.15, 0.2) is 0 Å². The molecular formula is C12H15N5O2. The van der Waals surface area contributed by atoms with Gasteiger partial charge in [0.05, 0.1) is 12.6 Å². The van der Waals surface area contributed by atoms with Gasteiger partial charge < -0.3 is 10.0 Å². The Balaban J connectivity index is 1.95. The average Bonchev–Trinajstić information content (AvgIpc) is 3.04. The van der Waals surface area contributed by atoms with E-state index in [4.69, 9.17) is 0 Å². The number of hydrogen-bond acceptors (Lipinski definition) is 5. The number of carbonyl (C=O) groups excluding carboxylic acids is 1. The van der Waals surface area contributed by atoms with Crippen molar-refractivity contribution in [2.75, 3.05) is 13.2 Å². The summed E-state index contributed by atoms with van der Waals surface area (Å²) in [4.78, 5) is 22.2. The van der Waals surface area contributed by atoms with Crippen LogP contribution in [0.2, 0.25) is 0 Å². The van der Waals surface area contributed by atoms with Crippen LogP contribution in [-0.4, -0.2) is 54.7 Å². The highest BCUT2D eigenvalue weighted by Crippen LogP contribution is 2.18. The number of aromatic nitrogens is 4. The van der Waals surface area contributed by atoms with Crippen molar-refractivity contribution >= 4 is 11.7 Å². The minimum atomic E-state index is -0.235. The Bertz CT molecular complexity index is 624. The Hall–Kier alpha value is -2.02. The molecule has 1 atom stereocenters. The smallest absolute Gasteiger partial charge is 0.293 e. The Morgan fingerprint density at radius 3 is 3.16 bits per heavy atom. The van der Waals surface area contributed by atoms with E-state index in [-0.39, 0.29) is 24.4 Å². The fourth-order valence-electron chi connectivity index (χ4n) is 2.42. The highest BCUT2D eigenvalue weighted by molar-refractivity contribution is 5.91. The predicted molar refractivity (Wildman–Crippen MR) is 66.7 cm³/mol. The molecule has 19 heavy (non-hydrogen) atoms. The number of amides is 1. The van der Waals surface area contributed by atoms with E-state index in [1.165, 1.54) is 0 Å². The van der Waals surface area contributed by atoms with Gasteiger partial charge in [-0.1, -0.05) is 0 Å². The minimum Gasteiger partial charge on any atom is -0.394 e. The lowest BCUT2D eigenvalue weighted by atomic mass is 10.2. The molecule has 3 heterocycles. The number of aryl methyl sites for hydroxylation is 1. The largest absolute Gasteiger partial charge is 0.394 e. The van der Waals surface area contributed by atoms with Gasteiger partial charge in [0.25, 0.3) is 11.7 Å². The summed E-state index contributed by atoms with van der Waals surface area (Å²) in [7, 11) is 0. The quantitative estimate of drug-likeness (QED) is 0.824. The van der Waals surface area contributed by atoms with Crippen LogP contribution < -0.4 is 0 Å². The molecule has 0 spiro atoms. The van der Waals surface area contributed by atoms with Crippen molar-refractivity contribution in [3.63, 3.8) is 0 Å². The van der Waals surface area contributed by atoms with Gasteiger partial charge in [-0.05, 0) is 25.8 Å². The number of aliphatic hydroxyl groups excluding tert-OH is 1. The van der Waals surface area contributed by atoms with Crippen LogP contribution in [0.3, 0.4) is 0 Å². The highest BCUT2D eigenvalue weighted by Gasteiger charge is 2.31. The van der Waals surface area contributed by atoms with Crippen molar-refractivity contribution < 1.29 is 9.90 Å². The maximum Gasteiger partial charge on any atom is 0.293 e. The van der Waals surface area contributed by atoms with E-state index in [9.17, 15) is 9.90 Å².